The smallest absolute Gasteiger partial charge is 0.00148 e. The molecule has 0 spiro atoms. The monoisotopic (exact) mass is 332 g/mol. The highest BCUT2D eigenvalue weighted by molar-refractivity contribution is 5.99. The van der Waals surface area contributed by atoms with Crippen molar-refractivity contribution in [3.63, 3.8) is 0 Å². The molecular weight excluding hydrogens is 312 g/mol. The Morgan fingerprint density at radius 2 is 0.808 bits per heavy atom. The van der Waals surface area contributed by atoms with Gasteiger partial charge in [-0.1, -0.05) is 84.9 Å². The molecule has 0 saturated heterocycles. The predicted molar refractivity (Wildman–Crippen MR) is 106 cm³/mol. The van der Waals surface area contributed by atoms with Gasteiger partial charge in [0.05, 0.1) is 0 Å². The van der Waals surface area contributed by atoms with Crippen molar-refractivity contribution < 1.29 is 0 Å². The van der Waals surface area contributed by atoms with E-state index in [0.29, 0.717) is 5.92 Å². The summed E-state index contributed by atoms with van der Waals surface area (Å²) in [5.41, 5.74) is 9.54. The summed E-state index contributed by atoms with van der Waals surface area (Å²) in [4.78, 5) is 0. The van der Waals surface area contributed by atoms with E-state index < -0.39 is 0 Å². The molecular formula is C26H20. The number of rotatable bonds is 2. The maximum atomic E-state index is 2.42. The molecule has 0 aromatic heterocycles. The minimum atomic E-state index is 0.705. The van der Waals surface area contributed by atoms with E-state index in [1.54, 1.807) is 22.3 Å². The van der Waals surface area contributed by atoms with Gasteiger partial charge in [0.25, 0.3) is 0 Å². The summed E-state index contributed by atoms with van der Waals surface area (Å²) in [6.45, 7) is 0. The summed E-state index contributed by atoms with van der Waals surface area (Å²) in [5, 5.41) is 0. The summed E-state index contributed by atoms with van der Waals surface area (Å²) >= 11 is 0. The van der Waals surface area contributed by atoms with Gasteiger partial charge in [-0.15, -0.1) is 0 Å². The molecule has 5 aliphatic rings. The molecule has 0 radical (unpaired) electrons. The molecule has 3 aromatic rings. The summed E-state index contributed by atoms with van der Waals surface area (Å²) in [6.07, 6.45) is 0. The van der Waals surface area contributed by atoms with Crippen LogP contribution in [0.1, 0.15) is 34.1 Å². The quantitative estimate of drug-likeness (QED) is 0.541. The molecule has 5 aliphatic carbocycles. The molecule has 0 heterocycles. The topological polar surface area (TPSA) is 0 Å². The van der Waals surface area contributed by atoms with Gasteiger partial charge in [0.15, 0.2) is 0 Å². The Bertz CT molecular complexity index is 996. The van der Waals surface area contributed by atoms with Crippen molar-refractivity contribution in [3.05, 3.63) is 107 Å². The Morgan fingerprint density at radius 3 is 1.31 bits per heavy atom. The first-order valence-corrected chi connectivity index (χ1v) is 9.89. The molecule has 6 atom stereocenters. The predicted octanol–water partition coefficient (Wildman–Crippen LogP) is 5.98. The zero-order valence-electron chi connectivity index (χ0n) is 14.5. The minimum absolute atomic E-state index is 0.705. The van der Waals surface area contributed by atoms with Crippen molar-refractivity contribution in [2.45, 2.75) is 11.8 Å². The Hall–Kier alpha value is -2.60. The Morgan fingerprint density at radius 1 is 0.385 bits per heavy atom. The Labute approximate surface area is 154 Å². The third kappa shape index (κ3) is 1.45. The van der Waals surface area contributed by atoms with E-state index >= 15 is 0 Å². The molecule has 0 amide bonds. The van der Waals surface area contributed by atoms with Crippen LogP contribution >= 0.6 is 0 Å². The van der Waals surface area contributed by atoms with Gasteiger partial charge in [-0.3, -0.25) is 0 Å². The second-order valence-electron chi connectivity index (χ2n) is 8.45. The molecule has 2 fully saturated rings. The van der Waals surface area contributed by atoms with E-state index in [-0.39, 0.29) is 0 Å². The number of allylic oxidation sites excluding steroid dienone is 2. The van der Waals surface area contributed by atoms with E-state index in [9.17, 15) is 0 Å². The average Bonchev–Trinajstić information content (AvgIpc) is 3.29. The first-order chi connectivity index (χ1) is 12.9. The lowest BCUT2D eigenvalue weighted by molar-refractivity contribution is 0.435. The molecule has 3 aromatic carbocycles. The van der Waals surface area contributed by atoms with Gasteiger partial charge in [0.1, 0.15) is 0 Å². The summed E-state index contributed by atoms with van der Waals surface area (Å²) in [7, 11) is 0. The zero-order chi connectivity index (χ0) is 16.8. The number of hydrogen-bond acceptors (Lipinski definition) is 0. The molecule has 2 saturated carbocycles. The highest BCUT2D eigenvalue weighted by atomic mass is 14.8. The van der Waals surface area contributed by atoms with Crippen molar-refractivity contribution in [1.29, 1.82) is 0 Å². The molecule has 124 valence electrons. The Kier molecular flexibility index (Phi) is 2.39. The van der Waals surface area contributed by atoms with Crippen LogP contribution in [-0.4, -0.2) is 0 Å². The molecule has 6 bridgehead atoms. The van der Waals surface area contributed by atoms with Gasteiger partial charge in [-0.2, -0.15) is 0 Å². The maximum absolute atomic E-state index is 2.42. The zero-order valence-corrected chi connectivity index (χ0v) is 14.5. The van der Waals surface area contributed by atoms with E-state index in [1.165, 1.54) is 11.1 Å². The van der Waals surface area contributed by atoms with Gasteiger partial charge >= 0.3 is 0 Å². The van der Waals surface area contributed by atoms with Crippen LogP contribution in [0.5, 0.6) is 0 Å². The van der Waals surface area contributed by atoms with Gasteiger partial charge in [-0.25, -0.2) is 0 Å². The van der Waals surface area contributed by atoms with Gasteiger partial charge < -0.3 is 0 Å². The first kappa shape index (κ1) is 13.6. The van der Waals surface area contributed by atoms with Crippen LogP contribution in [-0.2, 0) is 0 Å². The molecule has 8 rings (SSSR count). The summed E-state index contributed by atoms with van der Waals surface area (Å²) < 4.78 is 0. The lowest BCUT2D eigenvalue weighted by Crippen LogP contribution is -2.22. The van der Waals surface area contributed by atoms with Gasteiger partial charge in [0.2, 0.25) is 0 Å². The molecule has 2 unspecified atom stereocenters. The molecule has 0 N–H and O–H groups in total. The highest BCUT2D eigenvalue weighted by Crippen LogP contribution is 2.84. The minimum Gasteiger partial charge on any atom is -0.0622 e. The first-order valence-electron chi connectivity index (χ1n) is 9.89. The van der Waals surface area contributed by atoms with E-state index in [4.69, 9.17) is 0 Å². The molecule has 0 aliphatic heterocycles. The fraction of sp³-hybridized carbons (Fsp3) is 0.231. The third-order valence-electron chi connectivity index (χ3n) is 7.58. The normalized spacial score (nSPS) is 34.8. The van der Waals surface area contributed by atoms with Crippen LogP contribution in [0.15, 0.2) is 84.9 Å². The van der Waals surface area contributed by atoms with Crippen LogP contribution in [0.25, 0.3) is 11.1 Å². The Balaban J connectivity index is 1.50. The number of hydrogen-bond donors (Lipinski definition) is 0. The van der Waals surface area contributed by atoms with Gasteiger partial charge in [-0.05, 0) is 68.9 Å². The maximum Gasteiger partial charge on any atom is -0.00148 e. The summed E-state index contributed by atoms with van der Waals surface area (Å²) in [5.74, 6) is 4.75. The van der Waals surface area contributed by atoms with Gasteiger partial charge in [0, 0.05) is 0 Å². The van der Waals surface area contributed by atoms with Crippen molar-refractivity contribution in [2.75, 3.05) is 0 Å². The third-order valence-corrected chi connectivity index (χ3v) is 7.58. The van der Waals surface area contributed by atoms with Crippen LogP contribution in [0.4, 0.5) is 0 Å². The highest BCUT2D eigenvalue weighted by Gasteiger charge is 2.75. The van der Waals surface area contributed by atoms with E-state index in [2.05, 4.69) is 84.9 Å². The van der Waals surface area contributed by atoms with Crippen molar-refractivity contribution in [1.82, 2.24) is 0 Å². The standard InChI is InChI=1S/C26H20/c1-3-9-15(10-4-1)19-20(16-11-5-2-6-12-16)24-21-17-13-7-8-14-18(17)22-25(23(19)21)26(22)24/h1-14,21-26H/t21?,22?,23-,24+,25+,26-. The lowest BCUT2D eigenvalue weighted by Gasteiger charge is -2.33. The van der Waals surface area contributed by atoms with Crippen molar-refractivity contribution in [3.8, 4) is 0 Å². The molecule has 0 heteroatoms. The van der Waals surface area contributed by atoms with Crippen molar-refractivity contribution >= 4 is 11.1 Å². The summed E-state index contributed by atoms with van der Waals surface area (Å²) in [6, 6.07) is 31.7. The SMILES string of the molecule is c1ccc(C2=C(c3ccccc3)[C@H]3C4c5ccccc5C5[C@H]([C@H]53)[C@H]24)cc1. The van der Waals surface area contributed by atoms with Crippen molar-refractivity contribution in [2.24, 2.45) is 23.7 Å². The van der Waals surface area contributed by atoms with Crippen LogP contribution in [0, 0.1) is 23.7 Å². The molecule has 26 heavy (non-hydrogen) atoms. The van der Waals surface area contributed by atoms with Crippen LogP contribution in [0.3, 0.4) is 0 Å². The molecule has 0 nitrogen and oxygen atoms in total. The number of benzene rings is 3. The van der Waals surface area contributed by atoms with Crippen LogP contribution < -0.4 is 0 Å². The van der Waals surface area contributed by atoms with E-state index in [0.717, 1.165) is 29.6 Å². The lowest BCUT2D eigenvalue weighted by atomic mass is 9.70. The fourth-order valence-corrected chi connectivity index (χ4v) is 6.94. The largest absolute Gasteiger partial charge is 0.0622 e. The van der Waals surface area contributed by atoms with E-state index in [1.807, 2.05) is 0 Å². The second-order valence-corrected chi connectivity index (χ2v) is 8.45. The average molecular weight is 332 g/mol. The van der Waals surface area contributed by atoms with Crippen LogP contribution in [0.2, 0.25) is 0 Å². The second kappa shape index (κ2) is 4.57. The fourth-order valence-electron chi connectivity index (χ4n) is 6.94.